The molecule has 56 heavy (non-hydrogen) atoms. The molecule has 2 aliphatic heterocycles. The third-order valence-corrected chi connectivity index (χ3v) is 11.1. The molecule has 1 atom stereocenters. The smallest absolute Gasteiger partial charge is 0.290 e. The number of hydrogen-bond acceptors (Lipinski definition) is 8. The number of pyridine rings is 1. The van der Waals surface area contributed by atoms with Crippen LogP contribution in [0, 0.1) is 22.9 Å². The van der Waals surface area contributed by atoms with E-state index < -0.39 is 102 Å². The molecule has 3 aliphatic rings. The van der Waals surface area contributed by atoms with E-state index >= 15 is 8.78 Å². The summed E-state index contributed by atoms with van der Waals surface area (Å²) in [5.74, 6) is -13.4. The summed E-state index contributed by atoms with van der Waals surface area (Å²) in [6, 6.07) is 6.05. The number of ether oxygens (including phenoxy) is 1. The molecule has 0 radical (unpaired) electrons. The van der Waals surface area contributed by atoms with Crippen molar-refractivity contribution in [2.24, 2.45) is 11.1 Å². The number of nitrogens with two attached hydrogens (primary N) is 1. The minimum absolute atomic E-state index is 0.0141. The van der Waals surface area contributed by atoms with Crippen molar-refractivity contribution in [2.75, 3.05) is 31.2 Å². The molecule has 3 aromatic heterocycles. The Kier molecular flexibility index (Phi) is 9.05. The first-order chi connectivity index (χ1) is 26.4. The minimum atomic E-state index is -4.09. The van der Waals surface area contributed by atoms with Gasteiger partial charge in [0.15, 0.2) is 10.8 Å². The Labute approximate surface area is 314 Å². The molecule has 3 N–H and O–H groups in total. The number of rotatable bonds is 10. The Morgan fingerprint density at radius 1 is 0.929 bits per heavy atom. The van der Waals surface area contributed by atoms with E-state index in [1.807, 2.05) is 4.90 Å². The summed E-state index contributed by atoms with van der Waals surface area (Å²) in [4.78, 5) is 37.3. The zero-order chi connectivity index (χ0) is 39.9. The molecule has 294 valence electrons. The highest BCUT2D eigenvalue weighted by molar-refractivity contribution is 7.22. The van der Waals surface area contributed by atoms with Gasteiger partial charge < -0.3 is 20.7 Å². The maximum Gasteiger partial charge on any atom is 0.290 e. The highest BCUT2D eigenvalue weighted by Gasteiger charge is 2.55. The molecule has 20 heteroatoms. The first kappa shape index (κ1) is 37.7. The molecule has 1 unspecified atom stereocenters. The van der Waals surface area contributed by atoms with Crippen molar-refractivity contribution in [2.45, 2.75) is 50.1 Å². The minimum Gasteiger partial charge on any atom is -0.380 e. The van der Waals surface area contributed by atoms with Crippen molar-refractivity contribution in [3.63, 3.8) is 0 Å². The van der Waals surface area contributed by atoms with E-state index in [9.17, 15) is 40.3 Å². The average Bonchev–Trinajstić information content (AvgIpc) is 3.67. The van der Waals surface area contributed by atoms with Crippen LogP contribution >= 0.6 is 11.3 Å². The van der Waals surface area contributed by atoms with Crippen LogP contribution in [0.5, 0.6) is 0 Å². The Morgan fingerprint density at radius 2 is 1.62 bits per heavy atom. The number of primary amides is 1. The number of amides is 2. The van der Waals surface area contributed by atoms with Crippen molar-refractivity contribution in [3.05, 3.63) is 93.7 Å². The van der Waals surface area contributed by atoms with Gasteiger partial charge in [-0.05, 0) is 47.9 Å². The van der Waals surface area contributed by atoms with E-state index in [1.165, 1.54) is 17.4 Å². The first-order valence-electron chi connectivity index (χ1n) is 17.1. The van der Waals surface area contributed by atoms with Crippen LogP contribution < -0.4 is 16.0 Å². The Hall–Kier alpha value is -5.24. The lowest BCUT2D eigenvalue weighted by Gasteiger charge is -2.54. The summed E-state index contributed by atoms with van der Waals surface area (Å²) in [6.45, 7) is 1.26. The van der Waals surface area contributed by atoms with Gasteiger partial charge in [0, 0.05) is 37.6 Å². The van der Waals surface area contributed by atoms with E-state index in [-0.39, 0.29) is 38.1 Å². The first-order valence-corrected chi connectivity index (χ1v) is 17.9. The monoisotopic (exact) mass is 809 g/mol. The topological polar surface area (TPSA) is 128 Å². The van der Waals surface area contributed by atoms with Gasteiger partial charge in [-0.3, -0.25) is 14.3 Å². The van der Waals surface area contributed by atoms with E-state index in [2.05, 4.69) is 15.4 Å². The van der Waals surface area contributed by atoms with Crippen molar-refractivity contribution < 1.29 is 53.8 Å². The SMILES string of the molecule is NC(=O)c1cc(-c2cc3sc(N4CC5(COC5)C4)nc3nc2C(Cc2cc(F)cc(F)c2)NC(=O)Cn2nc(C(F)F)c3c2C(F)(F)CCC3(F)F)ccc1F. The second-order valence-electron chi connectivity index (χ2n) is 14.2. The van der Waals surface area contributed by atoms with E-state index in [4.69, 9.17) is 15.5 Å². The second-order valence-corrected chi connectivity index (χ2v) is 15.2. The van der Waals surface area contributed by atoms with Crippen molar-refractivity contribution >= 4 is 38.6 Å². The van der Waals surface area contributed by atoms with Gasteiger partial charge in [-0.25, -0.2) is 35.7 Å². The third kappa shape index (κ3) is 6.71. The van der Waals surface area contributed by atoms with Crippen molar-refractivity contribution in [1.82, 2.24) is 25.1 Å². The average molecular weight is 810 g/mol. The predicted octanol–water partition coefficient (Wildman–Crippen LogP) is 6.92. The fourth-order valence-electron chi connectivity index (χ4n) is 7.45. The number of aromatic nitrogens is 4. The van der Waals surface area contributed by atoms with E-state index in [0.29, 0.717) is 42.2 Å². The number of nitrogens with one attached hydrogen (secondary N) is 1. The number of anilines is 1. The van der Waals surface area contributed by atoms with Crippen LogP contribution in [0.25, 0.3) is 21.5 Å². The molecule has 1 spiro atoms. The summed E-state index contributed by atoms with van der Waals surface area (Å²) in [6.07, 6.45) is -6.96. The summed E-state index contributed by atoms with van der Waals surface area (Å²) in [5.41, 5.74) is 0.512. The molecule has 2 amide bonds. The summed E-state index contributed by atoms with van der Waals surface area (Å²) >= 11 is 1.25. The van der Waals surface area contributed by atoms with E-state index in [0.717, 1.165) is 24.3 Å². The van der Waals surface area contributed by atoms with Crippen molar-refractivity contribution in [1.29, 1.82) is 0 Å². The third-order valence-electron chi connectivity index (χ3n) is 10.1. The number of hydrogen-bond donors (Lipinski definition) is 2. The maximum absolute atomic E-state index is 15.2. The van der Waals surface area contributed by atoms with Crippen LogP contribution in [0.3, 0.4) is 0 Å². The summed E-state index contributed by atoms with van der Waals surface area (Å²) in [5, 5.41) is 6.43. The number of alkyl halides is 6. The maximum atomic E-state index is 15.2. The van der Waals surface area contributed by atoms with Gasteiger partial charge in [-0.2, -0.15) is 18.9 Å². The van der Waals surface area contributed by atoms with Gasteiger partial charge in [0.1, 0.15) is 35.4 Å². The number of thiazole rings is 1. The van der Waals surface area contributed by atoms with Crippen LogP contribution in [0.2, 0.25) is 0 Å². The molecule has 5 aromatic rings. The molecular weight excluding hydrogens is 781 g/mol. The van der Waals surface area contributed by atoms with Crippen LogP contribution in [0.4, 0.5) is 44.6 Å². The fourth-order valence-corrected chi connectivity index (χ4v) is 8.39. The number of halogens is 9. The second kappa shape index (κ2) is 13.5. The molecular formula is C36H28F9N7O3S. The van der Waals surface area contributed by atoms with Gasteiger partial charge in [-0.1, -0.05) is 17.4 Å². The molecule has 2 fully saturated rings. The Balaban J connectivity index is 1.24. The molecule has 10 nitrogen and oxygen atoms in total. The van der Waals surface area contributed by atoms with E-state index in [1.54, 1.807) is 6.07 Å². The molecule has 8 rings (SSSR count). The molecule has 2 saturated heterocycles. The normalized spacial score (nSPS) is 18.4. The number of carbonyl (C=O) groups is 2. The van der Waals surface area contributed by atoms with Gasteiger partial charge in [-0.15, -0.1) is 0 Å². The van der Waals surface area contributed by atoms with Crippen LogP contribution in [0.1, 0.15) is 63.9 Å². The molecule has 0 bridgehead atoms. The lowest BCUT2D eigenvalue weighted by atomic mass is 9.78. The lowest BCUT2D eigenvalue weighted by molar-refractivity contribution is -0.127. The van der Waals surface area contributed by atoms with Gasteiger partial charge >= 0.3 is 0 Å². The predicted molar refractivity (Wildman–Crippen MR) is 182 cm³/mol. The zero-order valence-electron chi connectivity index (χ0n) is 28.7. The summed E-state index contributed by atoms with van der Waals surface area (Å²) < 4.78 is 137. The largest absolute Gasteiger partial charge is 0.380 e. The number of benzene rings is 2. The van der Waals surface area contributed by atoms with Crippen LogP contribution in [-0.4, -0.2) is 57.9 Å². The number of carbonyl (C=O) groups excluding carboxylic acids is 2. The molecule has 0 saturated carbocycles. The van der Waals surface area contributed by atoms with Crippen molar-refractivity contribution in [3.8, 4) is 11.1 Å². The Bertz CT molecular complexity index is 2390. The number of fused-ring (bicyclic) bond motifs is 2. The standard InChI is InChI=1S/C36H28F9N7O3S/c37-18-5-16(6-19(38)9-18)7-23(47-25(53)11-52-29-26(28(50-52)30(40)41)35(42,43)3-4-36(29,44)45)27-20(17-1-2-22(39)21(8-17)31(46)54)10-24-32(48-27)49-33(56-24)51-12-34(13-51)14-55-15-34/h1-2,5-6,8-10,23,30H,3-4,7,11-15H2,(H2,46,54)(H,47,53). The lowest BCUT2D eigenvalue weighted by Crippen LogP contribution is -2.66. The Morgan fingerprint density at radius 3 is 2.27 bits per heavy atom. The highest BCUT2D eigenvalue weighted by Crippen LogP contribution is 2.52. The van der Waals surface area contributed by atoms with Crippen LogP contribution in [0.15, 0.2) is 42.5 Å². The highest BCUT2D eigenvalue weighted by atomic mass is 32.1. The fraction of sp³-hybridized carbons (Fsp3) is 0.361. The summed E-state index contributed by atoms with van der Waals surface area (Å²) in [7, 11) is 0. The van der Waals surface area contributed by atoms with Gasteiger partial charge in [0.2, 0.25) is 5.91 Å². The van der Waals surface area contributed by atoms with Gasteiger partial charge in [0.05, 0.1) is 46.2 Å². The van der Waals surface area contributed by atoms with Gasteiger partial charge in [0.25, 0.3) is 24.2 Å². The zero-order valence-corrected chi connectivity index (χ0v) is 29.5. The molecule has 2 aromatic carbocycles. The molecule has 1 aliphatic carbocycles. The quantitative estimate of drug-likeness (QED) is 0.147. The molecule has 5 heterocycles. The number of nitrogens with zero attached hydrogens (tertiary/aromatic N) is 5. The van der Waals surface area contributed by atoms with Crippen LogP contribution in [-0.2, 0) is 34.3 Å².